The smallest absolute Gasteiger partial charge is 0.225 e. The summed E-state index contributed by atoms with van der Waals surface area (Å²) in [7, 11) is 1.95. The van der Waals surface area contributed by atoms with Gasteiger partial charge in [-0.2, -0.15) is 12.6 Å². The second-order valence-corrected chi connectivity index (χ2v) is 4.56. The molecule has 1 atom stereocenters. The predicted octanol–water partition coefficient (Wildman–Crippen LogP) is 2.10. The standard InChI is InChI=1S/C13H20N2OS/c1-10(14-2)8-11-4-3-5-12(9-11)15-13(16)6-7-17/h3-5,9-10,14,17H,6-8H2,1-2H3,(H,15,16)/t10-/m0/s1. The van der Waals surface area contributed by atoms with Gasteiger partial charge in [0.15, 0.2) is 0 Å². The van der Waals surface area contributed by atoms with E-state index in [2.05, 4.69) is 36.3 Å². The summed E-state index contributed by atoms with van der Waals surface area (Å²) in [5, 5.41) is 6.06. The van der Waals surface area contributed by atoms with Crippen LogP contribution in [-0.4, -0.2) is 24.7 Å². The van der Waals surface area contributed by atoms with Gasteiger partial charge in [0.1, 0.15) is 0 Å². The number of likely N-dealkylation sites (N-methyl/N-ethyl adjacent to an activating group) is 1. The lowest BCUT2D eigenvalue weighted by Gasteiger charge is -2.11. The first kappa shape index (κ1) is 14.1. The van der Waals surface area contributed by atoms with E-state index in [1.165, 1.54) is 5.56 Å². The number of nitrogens with one attached hydrogen (secondary N) is 2. The monoisotopic (exact) mass is 252 g/mol. The molecule has 0 aliphatic carbocycles. The number of amides is 1. The Hall–Kier alpha value is -1.00. The molecule has 94 valence electrons. The minimum atomic E-state index is 0.0128. The molecule has 3 nitrogen and oxygen atoms in total. The first-order valence-corrected chi connectivity index (χ1v) is 6.46. The van der Waals surface area contributed by atoms with Crippen molar-refractivity contribution in [1.82, 2.24) is 5.32 Å². The van der Waals surface area contributed by atoms with Gasteiger partial charge in [0.25, 0.3) is 0 Å². The van der Waals surface area contributed by atoms with Crippen LogP contribution in [0.1, 0.15) is 18.9 Å². The second kappa shape index (κ2) is 7.35. The van der Waals surface area contributed by atoms with Gasteiger partial charge in [0.2, 0.25) is 5.91 Å². The van der Waals surface area contributed by atoms with Crippen LogP contribution in [0, 0.1) is 0 Å². The Labute approximate surface area is 108 Å². The van der Waals surface area contributed by atoms with Gasteiger partial charge >= 0.3 is 0 Å². The van der Waals surface area contributed by atoms with Crippen LogP contribution in [-0.2, 0) is 11.2 Å². The van der Waals surface area contributed by atoms with Gasteiger partial charge in [0, 0.05) is 18.2 Å². The summed E-state index contributed by atoms with van der Waals surface area (Å²) >= 11 is 4.04. The third-order valence-electron chi connectivity index (χ3n) is 2.58. The number of thiol groups is 1. The van der Waals surface area contributed by atoms with Crippen molar-refractivity contribution in [3.8, 4) is 0 Å². The van der Waals surface area contributed by atoms with E-state index in [0.717, 1.165) is 12.1 Å². The van der Waals surface area contributed by atoms with E-state index in [9.17, 15) is 4.79 Å². The van der Waals surface area contributed by atoms with Crippen molar-refractivity contribution in [1.29, 1.82) is 0 Å². The molecule has 1 amide bonds. The van der Waals surface area contributed by atoms with Crippen LogP contribution in [0.2, 0.25) is 0 Å². The summed E-state index contributed by atoms with van der Waals surface area (Å²) in [5.41, 5.74) is 2.08. The van der Waals surface area contributed by atoms with Gasteiger partial charge in [-0.15, -0.1) is 0 Å². The zero-order valence-corrected chi connectivity index (χ0v) is 11.3. The Balaban J connectivity index is 2.62. The van der Waals surface area contributed by atoms with Gasteiger partial charge in [0.05, 0.1) is 0 Å². The van der Waals surface area contributed by atoms with E-state index in [0.29, 0.717) is 18.2 Å². The summed E-state index contributed by atoms with van der Waals surface area (Å²) in [4.78, 5) is 11.4. The second-order valence-electron chi connectivity index (χ2n) is 4.12. The summed E-state index contributed by atoms with van der Waals surface area (Å²) < 4.78 is 0. The molecule has 0 aromatic heterocycles. The van der Waals surface area contributed by atoms with Crippen LogP contribution in [0.4, 0.5) is 5.69 Å². The van der Waals surface area contributed by atoms with Crippen molar-refractivity contribution >= 4 is 24.2 Å². The topological polar surface area (TPSA) is 41.1 Å². The number of hydrogen-bond acceptors (Lipinski definition) is 3. The minimum absolute atomic E-state index is 0.0128. The van der Waals surface area contributed by atoms with E-state index in [4.69, 9.17) is 0 Å². The van der Waals surface area contributed by atoms with E-state index in [-0.39, 0.29) is 5.91 Å². The molecule has 0 bridgehead atoms. The van der Waals surface area contributed by atoms with Crippen molar-refractivity contribution in [2.24, 2.45) is 0 Å². The Morgan fingerprint density at radius 1 is 1.47 bits per heavy atom. The fourth-order valence-electron chi connectivity index (χ4n) is 1.56. The van der Waals surface area contributed by atoms with Gasteiger partial charge < -0.3 is 10.6 Å². The molecule has 1 rings (SSSR count). The Kier molecular flexibility index (Phi) is 6.08. The van der Waals surface area contributed by atoms with Crippen LogP contribution in [0.5, 0.6) is 0 Å². The number of hydrogen-bond donors (Lipinski definition) is 3. The van der Waals surface area contributed by atoms with E-state index < -0.39 is 0 Å². The molecule has 0 spiro atoms. The SMILES string of the molecule is CN[C@@H](C)Cc1cccc(NC(=O)CCS)c1. The minimum Gasteiger partial charge on any atom is -0.326 e. The number of carbonyl (C=O) groups excluding carboxylic acids is 1. The molecule has 0 radical (unpaired) electrons. The molecule has 2 N–H and O–H groups in total. The summed E-state index contributed by atoms with van der Waals surface area (Å²) in [6, 6.07) is 8.39. The average molecular weight is 252 g/mol. The van der Waals surface area contributed by atoms with Gasteiger partial charge in [-0.25, -0.2) is 0 Å². The van der Waals surface area contributed by atoms with E-state index >= 15 is 0 Å². The van der Waals surface area contributed by atoms with Gasteiger partial charge in [-0.05, 0) is 43.8 Å². The third kappa shape index (κ3) is 5.24. The van der Waals surface area contributed by atoms with Crippen molar-refractivity contribution in [2.75, 3.05) is 18.1 Å². The maximum Gasteiger partial charge on any atom is 0.225 e. The van der Waals surface area contributed by atoms with Crippen LogP contribution >= 0.6 is 12.6 Å². The zero-order chi connectivity index (χ0) is 12.7. The van der Waals surface area contributed by atoms with Crippen LogP contribution in [0.3, 0.4) is 0 Å². The van der Waals surface area contributed by atoms with Crippen LogP contribution in [0.15, 0.2) is 24.3 Å². The van der Waals surface area contributed by atoms with E-state index in [1.807, 2.05) is 25.2 Å². The highest BCUT2D eigenvalue weighted by Gasteiger charge is 2.04. The highest BCUT2D eigenvalue weighted by Crippen LogP contribution is 2.12. The van der Waals surface area contributed by atoms with E-state index in [1.54, 1.807) is 0 Å². The molecule has 17 heavy (non-hydrogen) atoms. The average Bonchev–Trinajstić information content (AvgIpc) is 2.29. The lowest BCUT2D eigenvalue weighted by Crippen LogP contribution is -2.23. The largest absolute Gasteiger partial charge is 0.326 e. The maximum absolute atomic E-state index is 11.4. The summed E-state index contributed by atoms with van der Waals surface area (Å²) in [6.45, 7) is 2.13. The van der Waals surface area contributed by atoms with Crippen molar-refractivity contribution in [3.63, 3.8) is 0 Å². The highest BCUT2D eigenvalue weighted by molar-refractivity contribution is 7.80. The predicted molar refractivity (Wildman–Crippen MR) is 75.8 cm³/mol. The molecule has 0 fully saturated rings. The lowest BCUT2D eigenvalue weighted by molar-refractivity contribution is -0.115. The maximum atomic E-state index is 11.4. The summed E-state index contributed by atoms with van der Waals surface area (Å²) in [6.07, 6.45) is 1.40. The molecule has 0 saturated heterocycles. The number of rotatable bonds is 6. The van der Waals surface area contributed by atoms with Crippen molar-refractivity contribution < 1.29 is 4.79 Å². The number of benzene rings is 1. The molecule has 0 saturated carbocycles. The molecule has 1 aromatic carbocycles. The number of anilines is 1. The highest BCUT2D eigenvalue weighted by atomic mass is 32.1. The van der Waals surface area contributed by atoms with Crippen LogP contribution < -0.4 is 10.6 Å². The van der Waals surface area contributed by atoms with Crippen LogP contribution in [0.25, 0.3) is 0 Å². The molecule has 0 heterocycles. The molecule has 0 unspecified atom stereocenters. The molecule has 4 heteroatoms. The van der Waals surface area contributed by atoms with Gasteiger partial charge in [-0.3, -0.25) is 4.79 Å². The first-order chi connectivity index (χ1) is 8.15. The normalized spacial score (nSPS) is 12.2. The quantitative estimate of drug-likeness (QED) is 0.679. The molecule has 1 aromatic rings. The molecule has 0 aliphatic heterocycles. The van der Waals surface area contributed by atoms with Crippen molar-refractivity contribution in [2.45, 2.75) is 25.8 Å². The molecular weight excluding hydrogens is 232 g/mol. The number of carbonyl (C=O) groups is 1. The zero-order valence-electron chi connectivity index (χ0n) is 10.4. The Bertz CT molecular complexity index is 368. The fourth-order valence-corrected chi connectivity index (χ4v) is 1.76. The fraction of sp³-hybridized carbons (Fsp3) is 0.462. The van der Waals surface area contributed by atoms with Crippen molar-refractivity contribution in [3.05, 3.63) is 29.8 Å². The van der Waals surface area contributed by atoms with Gasteiger partial charge in [-0.1, -0.05) is 12.1 Å². The molecular formula is C13H20N2OS. The Morgan fingerprint density at radius 3 is 2.88 bits per heavy atom. The lowest BCUT2D eigenvalue weighted by atomic mass is 10.1. The molecule has 0 aliphatic rings. The Morgan fingerprint density at radius 2 is 2.24 bits per heavy atom. The first-order valence-electron chi connectivity index (χ1n) is 5.82. The third-order valence-corrected chi connectivity index (χ3v) is 2.81. The summed E-state index contributed by atoms with van der Waals surface area (Å²) in [5.74, 6) is 0.585.